The summed E-state index contributed by atoms with van der Waals surface area (Å²) in [5, 5.41) is 0.999. The Morgan fingerprint density at radius 3 is 2.53 bits per heavy atom. The van der Waals surface area contributed by atoms with Crippen molar-refractivity contribution in [2.24, 2.45) is 5.73 Å². The van der Waals surface area contributed by atoms with E-state index >= 15 is 0 Å². The molecule has 1 rings (SSSR count). The van der Waals surface area contributed by atoms with Crippen LogP contribution in [0.5, 0.6) is 0 Å². The third-order valence-corrected chi connectivity index (χ3v) is 2.25. The van der Waals surface area contributed by atoms with Crippen molar-refractivity contribution in [3.05, 3.63) is 10.7 Å². The topological polar surface area (TPSA) is 91.2 Å². The van der Waals surface area contributed by atoms with Gasteiger partial charge in [0.25, 0.3) is 0 Å². The van der Waals surface area contributed by atoms with E-state index in [2.05, 4.69) is 4.98 Å². The number of carbonyl (C=O) groups excluding carboxylic acids is 1. The molecule has 15 heavy (non-hydrogen) atoms. The van der Waals surface area contributed by atoms with Gasteiger partial charge in [0.2, 0.25) is 0 Å². The lowest BCUT2D eigenvalue weighted by molar-refractivity contribution is 0.0521. The van der Waals surface area contributed by atoms with E-state index in [1.54, 1.807) is 6.92 Å². The number of rotatable bonds is 3. The number of aromatic nitrogens is 1. The molecule has 4 N–H and O–H groups in total. The van der Waals surface area contributed by atoms with Crippen LogP contribution < -0.4 is 11.5 Å². The van der Waals surface area contributed by atoms with Crippen LogP contribution in [0.15, 0.2) is 0 Å². The molecule has 0 saturated heterocycles. The molecule has 1 heterocycles. The van der Waals surface area contributed by atoms with Crippen LogP contribution >= 0.6 is 36.2 Å². The molecular formula is C7H13Cl2N3O2S. The number of hydrogen-bond acceptors (Lipinski definition) is 6. The van der Waals surface area contributed by atoms with Crippen molar-refractivity contribution in [3.63, 3.8) is 0 Å². The van der Waals surface area contributed by atoms with Gasteiger partial charge in [0.15, 0.2) is 5.69 Å². The fourth-order valence-corrected chi connectivity index (χ4v) is 1.51. The second kappa shape index (κ2) is 7.70. The minimum absolute atomic E-state index is 0. The SMILES string of the molecule is CCOC(=O)c1nc(CN)sc1N.Cl.Cl. The molecule has 0 aliphatic heterocycles. The van der Waals surface area contributed by atoms with Gasteiger partial charge < -0.3 is 16.2 Å². The number of hydrogen-bond donors (Lipinski definition) is 2. The standard InChI is InChI=1S/C7H11N3O2S.2ClH/c1-2-12-7(11)5-6(9)13-4(3-8)10-5;;/h2-3,8-9H2,1H3;2*1H. The highest BCUT2D eigenvalue weighted by atomic mass is 35.5. The highest BCUT2D eigenvalue weighted by Crippen LogP contribution is 2.21. The summed E-state index contributed by atoms with van der Waals surface area (Å²) in [6.07, 6.45) is 0. The molecular weight excluding hydrogens is 261 g/mol. The summed E-state index contributed by atoms with van der Waals surface area (Å²) >= 11 is 1.21. The zero-order valence-corrected chi connectivity index (χ0v) is 10.5. The molecule has 0 aromatic carbocycles. The van der Waals surface area contributed by atoms with Gasteiger partial charge in [0.1, 0.15) is 10.0 Å². The predicted molar refractivity (Wildman–Crippen MR) is 64.9 cm³/mol. The number of halogens is 2. The number of nitrogens with zero attached hydrogens (tertiary/aromatic N) is 1. The minimum Gasteiger partial charge on any atom is -0.461 e. The number of ether oxygens (including phenoxy) is 1. The molecule has 5 nitrogen and oxygen atoms in total. The molecule has 0 aliphatic rings. The average molecular weight is 274 g/mol. The van der Waals surface area contributed by atoms with Crippen LogP contribution in [0.2, 0.25) is 0 Å². The normalized spacial score (nSPS) is 8.67. The smallest absolute Gasteiger partial charge is 0.360 e. The third kappa shape index (κ3) is 4.21. The maximum Gasteiger partial charge on any atom is 0.360 e. The Kier molecular flexibility index (Phi) is 8.65. The van der Waals surface area contributed by atoms with Gasteiger partial charge in [-0.1, -0.05) is 11.3 Å². The molecule has 0 spiro atoms. The lowest BCUT2D eigenvalue weighted by Crippen LogP contribution is -2.07. The first-order chi connectivity index (χ1) is 6.19. The van der Waals surface area contributed by atoms with Gasteiger partial charge in [0, 0.05) is 6.54 Å². The van der Waals surface area contributed by atoms with Crippen molar-refractivity contribution >= 4 is 47.1 Å². The summed E-state index contributed by atoms with van der Waals surface area (Å²) in [4.78, 5) is 15.1. The van der Waals surface area contributed by atoms with Crippen molar-refractivity contribution < 1.29 is 9.53 Å². The number of anilines is 1. The molecule has 8 heteroatoms. The molecule has 0 fully saturated rings. The second-order valence-corrected chi connectivity index (χ2v) is 3.36. The Morgan fingerprint density at radius 1 is 1.53 bits per heavy atom. The van der Waals surface area contributed by atoms with Crippen molar-refractivity contribution in [1.82, 2.24) is 4.98 Å². The van der Waals surface area contributed by atoms with Crippen molar-refractivity contribution in [3.8, 4) is 0 Å². The van der Waals surface area contributed by atoms with Crippen LogP contribution in [0, 0.1) is 0 Å². The van der Waals surface area contributed by atoms with Gasteiger partial charge in [-0.15, -0.1) is 24.8 Å². The van der Waals surface area contributed by atoms with E-state index < -0.39 is 5.97 Å². The van der Waals surface area contributed by atoms with Crippen LogP contribution in [0.4, 0.5) is 5.00 Å². The Morgan fingerprint density at radius 2 is 2.13 bits per heavy atom. The van der Waals surface area contributed by atoms with Gasteiger partial charge in [-0.05, 0) is 6.92 Å². The molecule has 0 bridgehead atoms. The monoisotopic (exact) mass is 273 g/mol. The number of thiazole rings is 1. The molecule has 0 saturated carbocycles. The average Bonchev–Trinajstić information content (AvgIpc) is 2.47. The van der Waals surface area contributed by atoms with Crippen molar-refractivity contribution in [1.29, 1.82) is 0 Å². The van der Waals surface area contributed by atoms with Gasteiger partial charge in [-0.25, -0.2) is 9.78 Å². The van der Waals surface area contributed by atoms with Gasteiger partial charge in [-0.2, -0.15) is 0 Å². The predicted octanol–water partition coefficient (Wildman–Crippen LogP) is 1.20. The van der Waals surface area contributed by atoms with E-state index in [0.717, 1.165) is 0 Å². The maximum absolute atomic E-state index is 11.2. The number of nitrogens with two attached hydrogens (primary N) is 2. The largest absolute Gasteiger partial charge is 0.461 e. The quantitative estimate of drug-likeness (QED) is 0.808. The van der Waals surface area contributed by atoms with E-state index in [4.69, 9.17) is 16.2 Å². The van der Waals surface area contributed by atoms with E-state index in [9.17, 15) is 4.79 Å². The molecule has 0 radical (unpaired) electrons. The first-order valence-corrected chi connectivity index (χ1v) is 4.63. The van der Waals surface area contributed by atoms with Gasteiger partial charge in [0.05, 0.1) is 6.61 Å². The zero-order valence-electron chi connectivity index (χ0n) is 8.06. The van der Waals surface area contributed by atoms with E-state index in [1.807, 2.05) is 0 Å². The van der Waals surface area contributed by atoms with E-state index in [1.165, 1.54) is 11.3 Å². The van der Waals surface area contributed by atoms with Crippen LogP contribution in [0.3, 0.4) is 0 Å². The summed E-state index contributed by atoms with van der Waals surface area (Å²) in [7, 11) is 0. The lowest BCUT2D eigenvalue weighted by Gasteiger charge is -1.97. The highest BCUT2D eigenvalue weighted by molar-refractivity contribution is 7.15. The first-order valence-electron chi connectivity index (χ1n) is 3.81. The molecule has 1 aromatic heterocycles. The van der Waals surface area contributed by atoms with Crippen LogP contribution in [-0.2, 0) is 11.3 Å². The molecule has 0 unspecified atom stereocenters. The summed E-state index contributed by atoms with van der Waals surface area (Å²) in [6.45, 7) is 2.33. The van der Waals surface area contributed by atoms with Crippen LogP contribution in [0.1, 0.15) is 22.4 Å². The number of nitrogen functional groups attached to an aromatic ring is 1. The Balaban J connectivity index is 0. The third-order valence-electron chi connectivity index (χ3n) is 1.34. The summed E-state index contributed by atoms with van der Waals surface area (Å²) < 4.78 is 4.75. The first kappa shape index (κ1) is 16.9. The molecule has 0 aliphatic carbocycles. The van der Waals surface area contributed by atoms with Crippen molar-refractivity contribution in [2.75, 3.05) is 12.3 Å². The van der Waals surface area contributed by atoms with E-state index in [-0.39, 0.29) is 37.1 Å². The second-order valence-electron chi connectivity index (χ2n) is 2.25. The Labute approximate surface area is 104 Å². The van der Waals surface area contributed by atoms with Crippen LogP contribution in [-0.4, -0.2) is 17.6 Å². The molecule has 0 amide bonds. The fraction of sp³-hybridized carbons (Fsp3) is 0.429. The highest BCUT2D eigenvalue weighted by Gasteiger charge is 2.16. The molecule has 88 valence electrons. The fourth-order valence-electron chi connectivity index (χ4n) is 0.811. The molecule has 1 aromatic rings. The maximum atomic E-state index is 11.2. The Bertz CT molecular complexity index is 319. The van der Waals surface area contributed by atoms with Crippen LogP contribution in [0.25, 0.3) is 0 Å². The van der Waals surface area contributed by atoms with Crippen molar-refractivity contribution in [2.45, 2.75) is 13.5 Å². The van der Waals surface area contributed by atoms with Gasteiger partial charge in [-0.3, -0.25) is 0 Å². The number of esters is 1. The molecule has 0 atom stereocenters. The van der Waals surface area contributed by atoms with E-state index in [0.29, 0.717) is 16.6 Å². The van der Waals surface area contributed by atoms with Gasteiger partial charge >= 0.3 is 5.97 Å². The lowest BCUT2D eigenvalue weighted by atomic mass is 10.4. The summed E-state index contributed by atoms with van der Waals surface area (Å²) in [5.74, 6) is -0.490. The number of carbonyl (C=O) groups is 1. The summed E-state index contributed by atoms with van der Waals surface area (Å²) in [6, 6.07) is 0. The summed E-state index contributed by atoms with van der Waals surface area (Å²) in [5.41, 5.74) is 11.1. The zero-order chi connectivity index (χ0) is 9.84. The minimum atomic E-state index is -0.490. The Hall–Kier alpha value is -0.560.